The summed E-state index contributed by atoms with van der Waals surface area (Å²) in [6, 6.07) is 7.75. The number of esters is 1. The van der Waals surface area contributed by atoms with Gasteiger partial charge < -0.3 is 9.30 Å². The molecule has 1 aromatic heterocycles. The zero-order chi connectivity index (χ0) is 17.5. The summed E-state index contributed by atoms with van der Waals surface area (Å²) >= 11 is 1.64. The van der Waals surface area contributed by atoms with Crippen LogP contribution in [0.5, 0.6) is 0 Å². The Morgan fingerprint density at radius 2 is 2.12 bits per heavy atom. The van der Waals surface area contributed by atoms with E-state index < -0.39 is 0 Å². The van der Waals surface area contributed by atoms with Crippen molar-refractivity contribution in [2.45, 2.75) is 40.0 Å². The molecule has 5 heteroatoms. The number of carbonyl (C=O) groups excluding carboxylic acids is 1. The molecule has 0 saturated carbocycles. The topological polar surface area (TPSA) is 43.6 Å². The van der Waals surface area contributed by atoms with Gasteiger partial charge in [-0.15, -0.1) is 11.3 Å². The first kappa shape index (κ1) is 18.5. The number of hydrogen-bond acceptors (Lipinski definition) is 4. The van der Waals surface area contributed by atoms with Gasteiger partial charge in [0, 0.05) is 18.1 Å². The first-order chi connectivity index (χ1) is 11.5. The van der Waals surface area contributed by atoms with E-state index in [0.29, 0.717) is 12.5 Å². The van der Waals surface area contributed by atoms with E-state index in [4.69, 9.17) is 9.73 Å². The lowest BCUT2D eigenvalue weighted by atomic mass is 10.1. The van der Waals surface area contributed by atoms with Crippen LogP contribution in [0.4, 0.5) is 5.69 Å². The normalized spacial score (nSPS) is 13.1. The second-order valence-electron chi connectivity index (χ2n) is 6.18. The SMILES string of the molecule is CCC(C)CCOC(=O)Cc1ccccc1N=c1sc(C)cn1C. The van der Waals surface area contributed by atoms with E-state index in [9.17, 15) is 4.79 Å². The third kappa shape index (κ3) is 5.34. The molecule has 0 fully saturated rings. The fourth-order valence-electron chi connectivity index (χ4n) is 2.33. The highest BCUT2D eigenvalue weighted by atomic mass is 32.1. The van der Waals surface area contributed by atoms with Crippen LogP contribution in [0.1, 0.15) is 37.1 Å². The number of aromatic nitrogens is 1. The van der Waals surface area contributed by atoms with Crippen LogP contribution in [0.2, 0.25) is 0 Å². The molecule has 130 valence electrons. The molecule has 1 atom stereocenters. The van der Waals surface area contributed by atoms with E-state index in [2.05, 4.69) is 27.0 Å². The predicted molar refractivity (Wildman–Crippen MR) is 98.4 cm³/mol. The molecular weight excluding hydrogens is 320 g/mol. The molecule has 0 radical (unpaired) electrons. The van der Waals surface area contributed by atoms with Crippen LogP contribution in [0.15, 0.2) is 35.5 Å². The third-order valence-corrected chi connectivity index (χ3v) is 5.03. The molecule has 0 bridgehead atoms. The maximum Gasteiger partial charge on any atom is 0.310 e. The highest BCUT2D eigenvalue weighted by molar-refractivity contribution is 7.09. The van der Waals surface area contributed by atoms with E-state index >= 15 is 0 Å². The first-order valence-corrected chi connectivity index (χ1v) is 9.22. The lowest BCUT2D eigenvalue weighted by molar-refractivity contribution is -0.143. The number of thiazole rings is 1. The van der Waals surface area contributed by atoms with Gasteiger partial charge in [-0.3, -0.25) is 4.79 Å². The standard InChI is InChI=1S/C19H26N2O2S/c1-5-14(2)10-11-23-18(22)12-16-8-6-7-9-17(16)20-19-21(4)13-15(3)24-19/h6-9,13-14H,5,10-12H2,1-4H3. The molecule has 2 aromatic rings. The van der Waals surface area contributed by atoms with Crippen molar-refractivity contribution < 1.29 is 9.53 Å². The van der Waals surface area contributed by atoms with Crippen molar-refractivity contribution in [1.29, 1.82) is 0 Å². The maximum absolute atomic E-state index is 12.1. The molecule has 1 aromatic carbocycles. The Morgan fingerprint density at radius 1 is 1.38 bits per heavy atom. The largest absolute Gasteiger partial charge is 0.465 e. The van der Waals surface area contributed by atoms with Crippen molar-refractivity contribution in [3.05, 3.63) is 45.7 Å². The quantitative estimate of drug-likeness (QED) is 0.707. The van der Waals surface area contributed by atoms with Gasteiger partial charge in [-0.1, -0.05) is 38.5 Å². The van der Waals surface area contributed by atoms with Gasteiger partial charge in [0.05, 0.1) is 18.7 Å². The van der Waals surface area contributed by atoms with Gasteiger partial charge in [-0.25, -0.2) is 4.99 Å². The average Bonchev–Trinajstić information content (AvgIpc) is 2.86. The molecule has 0 N–H and O–H groups in total. The molecule has 0 saturated heterocycles. The Bertz CT molecular complexity index is 746. The Balaban J connectivity index is 2.08. The predicted octanol–water partition coefficient (Wildman–Crippen LogP) is 4.15. The number of benzene rings is 1. The summed E-state index contributed by atoms with van der Waals surface area (Å²) in [7, 11) is 1.98. The van der Waals surface area contributed by atoms with E-state index in [1.807, 2.05) is 35.9 Å². The van der Waals surface area contributed by atoms with E-state index in [1.165, 1.54) is 4.88 Å². The van der Waals surface area contributed by atoms with Crippen molar-refractivity contribution in [1.82, 2.24) is 4.57 Å². The number of carbonyl (C=O) groups is 1. The second-order valence-corrected chi connectivity index (χ2v) is 7.39. The average molecular weight is 346 g/mol. The first-order valence-electron chi connectivity index (χ1n) is 8.41. The van der Waals surface area contributed by atoms with Crippen LogP contribution in [0.25, 0.3) is 0 Å². The monoisotopic (exact) mass is 346 g/mol. The van der Waals surface area contributed by atoms with E-state index in [0.717, 1.165) is 28.9 Å². The summed E-state index contributed by atoms with van der Waals surface area (Å²) in [4.78, 5) is 18.9. The van der Waals surface area contributed by atoms with Gasteiger partial charge in [-0.05, 0) is 30.9 Å². The van der Waals surface area contributed by atoms with Crippen LogP contribution in [0, 0.1) is 12.8 Å². The number of para-hydroxylation sites is 1. The van der Waals surface area contributed by atoms with Gasteiger partial charge in [0.25, 0.3) is 0 Å². The van der Waals surface area contributed by atoms with Gasteiger partial charge in [0.15, 0.2) is 4.80 Å². The third-order valence-electron chi connectivity index (χ3n) is 4.04. The minimum Gasteiger partial charge on any atom is -0.465 e. The minimum absolute atomic E-state index is 0.187. The van der Waals surface area contributed by atoms with Crippen LogP contribution in [-0.4, -0.2) is 17.1 Å². The lowest BCUT2D eigenvalue weighted by Crippen LogP contribution is -2.12. The summed E-state index contributed by atoms with van der Waals surface area (Å²) in [5, 5.41) is 0. The molecule has 0 aliphatic rings. The van der Waals surface area contributed by atoms with Crippen LogP contribution >= 0.6 is 11.3 Å². The van der Waals surface area contributed by atoms with Crippen molar-refractivity contribution in [2.24, 2.45) is 18.0 Å². The zero-order valence-corrected chi connectivity index (χ0v) is 15.7. The molecule has 4 nitrogen and oxygen atoms in total. The van der Waals surface area contributed by atoms with Crippen molar-refractivity contribution >= 4 is 23.0 Å². The summed E-state index contributed by atoms with van der Waals surface area (Å²) in [5.74, 6) is 0.398. The van der Waals surface area contributed by atoms with E-state index in [1.54, 1.807) is 11.3 Å². The molecule has 1 heterocycles. The highest BCUT2D eigenvalue weighted by Crippen LogP contribution is 2.19. The number of hydrogen-bond donors (Lipinski definition) is 0. The number of ether oxygens (including phenoxy) is 1. The number of nitrogens with zero attached hydrogens (tertiary/aromatic N) is 2. The highest BCUT2D eigenvalue weighted by Gasteiger charge is 2.10. The smallest absolute Gasteiger partial charge is 0.310 e. The van der Waals surface area contributed by atoms with Gasteiger partial charge in [-0.2, -0.15) is 0 Å². The van der Waals surface area contributed by atoms with Gasteiger partial charge in [0.1, 0.15) is 0 Å². The summed E-state index contributed by atoms with van der Waals surface area (Å²) in [5.41, 5.74) is 1.73. The molecule has 1 unspecified atom stereocenters. The molecule has 0 spiro atoms. The van der Waals surface area contributed by atoms with Crippen LogP contribution < -0.4 is 4.80 Å². The number of aryl methyl sites for hydroxylation is 2. The fraction of sp³-hybridized carbons (Fsp3) is 0.474. The van der Waals surface area contributed by atoms with Gasteiger partial charge in [0.2, 0.25) is 0 Å². The Hall–Kier alpha value is -1.88. The van der Waals surface area contributed by atoms with Crippen molar-refractivity contribution in [2.75, 3.05) is 6.61 Å². The maximum atomic E-state index is 12.1. The Morgan fingerprint density at radius 3 is 2.79 bits per heavy atom. The fourth-order valence-corrected chi connectivity index (χ4v) is 3.17. The number of rotatable bonds is 7. The summed E-state index contributed by atoms with van der Waals surface area (Å²) in [6.45, 7) is 6.87. The summed E-state index contributed by atoms with van der Waals surface area (Å²) < 4.78 is 7.37. The van der Waals surface area contributed by atoms with Crippen molar-refractivity contribution in [3.63, 3.8) is 0 Å². The van der Waals surface area contributed by atoms with Crippen molar-refractivity contribution in [3.8, 4) is 0 Å². The molecule has 2 rings (SSSR count). The molecule has 0 aliphatic carbocycles. The minimum atomic E-state index is -0.187. The Kier molecular flexibility index (Phi) is 6.79. The zero-order valence-electron chi connectivity index (χ0n) is 14.9. The van der Waals surface area contributed by atoms with Crippen LogP contribution in [0.3, 0.4) is 0 Å². The van der Waals surface area contributed by atoms with Gasteiger partial charge >= 0.3 is 5.97 Å². The lowest BCUT2D eigenvalue weighted by Gasteiger charge is -2.09. The molecule has 0 aliphatic heterocycles. The summed E-state index contributed by atoms with van der Waals surface area (Å²) in [6.07, 6.45) is 4.33. The van der Waals surface area contributed by atoms with Crippen LogP contribution in [-0.2, 0) is 23.0 Å². The molecule has 0 amide bonds. The molecule has 24 heavy (non-hydrogen) atoms. The Labute approximate surface area is 147 Å². The molecular formula is C19H26N2O2S. The second kappa shape index (κ2) is 8.83. The van der Waals surface area contributed by atoms with E-state index in [-0.39, 0.29) is 12.4 Å².